The summed E-state index contributed by atoms with van der Waals surface area (Å²) in [5, 5.41) is 3.16. The van der Waals surface area contributed by atoms with Crippen LogP contribution in [-0.2, 0) is 10.0 Å². The molecule has 28 heavy (non-hydrogen) atoms. The average Bonchev–Trinajstić information content (AvgIpc) is 3.19. The predicted octanol–water partition coefficient (Wildman–Crippen LogP) is 4.16. The van der Waals surface area contributed by atoms with E-state index in [4.69, 9.17) is 16.3 Å². The van der Waals surface area contributed by atoms with Crippen molar-refractivity contribution < 1.29 is 17.9 Å². The zero-order valence-corrected chi connectivity index (χ0v) is 17.4. The third-order valence-corrected chi connectivity index (χ3v) is 6.58. The highest BCUT2D eigenvalue weighted by atomic mass is 35.5. The van der Waals surface area contributed by atoms with Crippen LogP contribution in [0.5, 0.6) is 5.75 Å². The van der Waals surface area contributed by atoms with E-state index in [1.165, 1.54) is 28.6 Å². The molecule has 1 heterocycles. The summed E-state index contributed by atoms with van der Waals surface area (Å²) in [5.41, 5.74) is 0.888. The third kappa shape index (κ3) is 4.66. The molecule has 0 saturated carbocycles. The molecule has 0 spiro atoms. The molecule has 0 unspecified atom stereocenters. The minimum absolute atomic E-state index is 0.00621. The Kier molecular flexibility index (Phi) is 6.27. The minimum atomic E-state index is -3.49. The molecule has 0 aliphatic carbocycles. The van der Waals surface area contributed by atoms with Crippen LogP contribution < -0.4 is 10.1 Å². The molecule has 1 amide bonds. The first kappa shape index (κ1) is 20.6. The number of rotatable bonds is 6. The second-order valence-electron chi connectivity index (χ2n) is 6.90. The highest BCUT2D eigenvalue weighted by Crippen LogP contribution is 2.29. The van der Waals surface area contributed by atoms with Gasteiger partial charge >= 0.3 is 0 Å². The van der Waals surface area contributed by atoms with Crippen LogP contribution in [0.15, 0.2) is 47.4 Å². The summed E-state index contributed by atoms with van der Waals surface area (Å²) >= 11 is 6.19. The number of benzene rings is 2. The highest BCUT2D eigenvalue weighted by molar-refractivity contribution is 7.89. The van der Waals surface area contributed by atoms with Crippen molar-refractivity contribution in [3.05, 3.63) is 53.1 Å². The molecule has 1 fully saturated rings. The molecule has 1 N–H and O–H groups in total. The summed E-state index contributed by atoms with van der Waals surface area (Å²) in [7, 11) is -3.49. The number of nitrogens with one attached hydrogen (secondary N) is 1. The van der Waals surface area contributed by atoms with Crippen molar-refractivity contribution in [3.8, 4) is 5.75 Å². The average molecular weight is 423 g/mol. The Morgan fingerprint density at radius 1 is 1.11 bits per heavy atom. The Bertz CT molecular complexity index is 953. The fourth-order valence-corrected chi connectivity index (χ4v) is 4.73. The zero-order valence-electron chi connectivity index (χ0n) is 15.8. The van der Waals surface area contributed by atoms with Gasteiger partial charge in [-0.3, -0.25) is 4.79 Å². The summed E-state index contributed by atoms with van der Waals surface area (Å²) in [4.78, 5) is 12.7. The molecule has 0 atom stereocenters. The van der Waals surface area contributed by atoms with Crippen LogP contribution in [-0.4, -0.2) is 37.8 Å². The topological polar surface area (TPSA) is 75.7 Å². The molecule has 0 radical (unpaired) electrons. The lowest BCUT2D eigenvalue weighted by atomic mass is 10.2. The summed E-state index contributed by atoms with van der Waals surface area (Å²) in [6, 6.07) is 11.0. The molecular weight excluding hydrogens is 400 g/mol. The standard InChI is InChI=1S/C20H23ClN2O4S/c1-14(2)27-19-10-7-16(13-18(19)21)22-20(24)15-5-8-17(9-6-15)28(25,26)23-11-3-4-12-23/h5-10,13-14H,3-4,11-12H2,1-2H3,(H,22,24). The normalized spacial score (nSPS) is 15.0. The quantitative estimate of drug-likeness (QED) is 0.758. The Hall–Kier alpha value is -2.09. The fourth-order valence-electron chi connectivity index (χ4n) is 2.99. The minimum Gasteiger partial charge on any atom is -0.489 e. The maximum absolute atomic E-state index is 12.6. The van der Waals surface area contributed by atoms with Crippen molar-refractivity contribution in [2.45, 2.75) is 37.7 Å². The Balaban J connectivity index is 1.70. The van der Waals surface area contributed by atoms with E-state index in [-0.39, 0.29) is 16.9 Å². The van der Waals surface area contributed by atoms with Crippen LogP contribution in [0.2, 0.25) is 5.02 Å². The monoisotopic (exact) mass is 422 g/mol. The molecule has 150 valence electrons. The molecule has 3 rings (SSSR count). The number of halogens is 1. The second-order valence-corrected chi connectivity index (χ2v) is 9.25. The molecule has 6 nitrogen and oxygen atoms in total. The second kappa shape index (κ2) is 8.51. The highest BCUT2D eigenvalue weighted by Gasteiger charge is 2.27. The fraction of sp³-hybridized carbons (Fsp3) is 0.350. The Morgan fingerprint density at radius 2 is 1.75 bits per heavy atom. The predicted molar refractivity (Wildman–Crippen MR) is 110 cm³/mol. The SMILES string of the molecule is CC(C)Oc1ccc(NC(=O)c2ccc(S(=O)(=O)N3CCCC3)cc2)cc1Cl. The summed E-state index contributed by atoms with van der Waals surface area (Å²) in [6.07, 6.45) is 1.75. The molecule has 2 aromatic rings. The van der Waals surface area contributed by atoms with E-state index in [0.717, 1.165) is 12.8 Å². The van der Waals surface area contributed by atoms with Crippen molar-refractivity contribution in [2.75, 3.05) is 18.4 Å². The summed E-state index contributed by atoms with van der Waals surface area (Å²) in [6.45, 7) is 4.89. The number of hydrogen-bond acceptors (Lipinski definition) is 4. The first-order valence-corrected chi connectivity index (χ1v) is 11.0. The maximum atomic E-state index is 12.6. The largest absolute Gasteiger partial charge is 0.489 e. The van der Waals surface area contributed by atoms with Gasteiger partial charge in [0.25, 0.3) is 5.91 Å². The maximum Gasteiger partial charge on any atom is 0.255 e. The van der Waals surface area contributed by atoms with Crippen LogP contribution in [0.25, 0.3) is 0 Å². The van der Waals surface area contributed by atoms with Gasteiger partial charge in [-0.1, -0.05) is 11.6 Å². The van der Waals surface area contributed by atoms with Crippen LogP contribution in [0.1, 0.15) is 37.0 Å². The summed E-state index contributed by atoms with van der Waals surface area (Å²) < 4.78 is 32.2. The van der Waals surface area contributed by atoms with Gasteiger partial charge in [0, 0.05) is 24.3 Å². The van der Waals surface area contributed by atoms with Gasteiger partial charge in [0.15, 0.2) is 0 Å². The molecule has 1 saturated heterocycles. The van der Waals surface area contributed by atoms with E-state index in [1.54, 1.807) is 18.2 Å². The van der Waals surface area contributed by atoms with Crippen molar-refractivity contribution in [1.82, 2.24) is 4.31 Å². The van der Waals surface area contributed by atoms with Crippen molar-refractivity contribution in [1.29, 1.82) is 0 Å². The molecule has 1 aliphatic rings. The number of ether oxygens (including phenoxy) is 1. The van der Waals surface area contributed by atoms with Crippen LogP contribution in [0.4, 0.5) is 5.69 Å². The lowest BCUT2D eigenvalue weighted by Gasteiger charge is -2.15. The molecule has 8 heteroatoms. The van der Waals surface area contributed by atoms with Gasteiger partial charge in [-0.2, -0.15) is 4.31 Å². The van der Waals surface area contributed by atoms with Crippen molar-refractivity contribution in [3.63, 3.8) is 0 Å². The molecule has 0 bridgehead atoms. The number of hydrogen-bond donors (Lipinski definition) is 1. The number of nitrogens with zero attached hydrogens (tertiary/aromatic N) is 1. The molecule has 1 aliphatic heterocycles. The van der Waals surface area contributed by atoms with Crippen LogP contribution in [0.3, 0.4) is 0 Å². The van der Waals surface area contributed by atoms with E-state index in [0.29, 0.717) is 35.1 Å². The van der Waals surface area contributed by atoms with E-state index >= 15 is 0 Å². The van der Waals surface area contributed by atoms with Crippen LogP contribution >= 0.6 is 11.6 Å². The Morgan fingerprint density at radius 3 is 2.32 bits per heavy atom. The molecular formula is C20H23ClN2O4S. The summed E-state index contributed by atoms with van der Waals surface area (Å²) in [5.74, 6) is 0.199. The Labute approximate surface area is 170 Å². The van der Waals surface area contributed by atoms with Gasteiger partial charge in [0.2, 0.25) is 10.0 Å². The number of sulfonamides is 1. The van der Waals surface area contributed by atoms with E-state index in [2.05, 4.69) is 5.32 Å². The number of amides is 1. The third-order valence-electron chi connectivity index (χ3n) is 4.37. The van der Waals surface area contributed by atoms with E-state index < -0.39 is 10.0 Å². The molecule has 2 aromatic carbocycles. The lowest BCUT2D eigenvalue weighted by Crippen LogP contribution is -2.27. The van der Waals surface area contributed by atoms with Gasteiger partial charge in [-0.15, -0.1) is 0 Å². The van der Waals surface area contributed by atoms with Crippen LogP contribution in [0, 0.1) is 0 Å². The first-order valence-electron chi connectivity index (χ1n) is 9.15. The van der Waals surface area contributed by atoms with Gasteiger partial charge in [0.1, 0.15) is 5.75 Å². The van der Waals surface area contributed by atoms with Crippen molar-refractivity contribution >= 4 is 33.2 Å². The van der Waals surface area contributed by atoms with Gasteiger partial charge in [0.05, 0.1) is 16.0 Å². The molecule has 0 aromatic heterocycles. The number of carbonyl (C=O) groups is 1. The van der Waals surface area contributed by atoms with Gasteiger partial charge in [-0.25, -0.2) is 8.42 Å². The van der Waals surface area contributed by atoms with Crippen molar-refractivity contribution in [2.24, 2.45) is 0 Å². The smallest absolute Gasteiger partial charge is 0.255 e. The number of carbonyl (C=O) groups excluding carboxylic acids is 1. The lowest BCUT2D eigenvalue weighted by molar-refractivity contribution is 0.102. The van der Waals surface area contributed by atoms with Gasteiger partial charge in [-0.05, 0) is 69.2 Å². The van der Waals surface area contributed by atoms with Gasteiger partial charge < -0.3 is 10.1 Å². The first-order chi connectivity index (χ1) is 13.3. The number of anilines is 1. The van der Waals surface area contributed by atoms with E-state index in [1.807, 2.05) is 13.8 Å². The van der Waals surface area contributed by atoms with E-state index in [9.17, 15) is 13.2 Å². The zero-order chi connectivity index (χ0) is 20.3.